The lowest BCUT2D eigenvalue weighted by Crippen LogP contribution is -1.97. The van der Waals surface area contributed by atoms with Crippen molar-refractivity contribution in [1.82, 2.24) is 27.9 Å². The Kier molecular flexibility index (Phi) is 5.42. The van der Waals surface area contributed by atoms with Gasteiger partial charge < -0.3 is 4.57 Å². The molecule has 5 aromatic heterocycles. The van der Waals surface area contributed by atoms with Crippen LogP contribution in [0.3, 0.4) is 0 Å². The van der Waals surface area contributed by atoms with Crippen LogP contribution in [0, 0.1) is 5.92 Å². The number of nitrogens with zero attached hydrogens (tertiary/aromatic N) is 6. The van der Waals surface area contributed by atoms with Crippen molar-refractivity contribution in [2.75, 3.05) is 0 Å². The van der Waals surface area contributed by atoms with Gasteiger partial charge in [0.1, 0.15) is 0 Å². The van der Waals surface area contributed by atoms with Crippen LogP contribution in [0.4, 0.5) is 0 Å². The van der Waals surface area contributed by atoms with Crippen LogP contribution in [-0.2, 0) is 6.42 Å². The Morgan fingerprint density at radius 1 is 0.531 bits per heavy atom. The first-order valence-electron chi connectivity index (χ1n) is 16.8. The molecular formula is C42H30N6S. The van der Waals surface area contributed by atoms with Crippen molar-refractivity contribution in [3.63, 3.8) is 0 Å². The van der Waals surface area contributed by atoms with Gasteiger partial charge in [0.25, 0.3) is 0 Å². The largest absolute Gasteiger partial charge is 0.309 e. The van der Waals surface area contributed by atoms with E-state index in [9.17, 15) is 0 Å². The molecular weight excluding hydrogens is 621 g/mol. The highest BCUT2D eigenvalue weighted by Gasteiger charge is 2.20. The quantitative estimate of drug-likeness (QED) is 0.190. The third-order valence-electron chi connectivity index (χ3n) is 10.00. The van der Waals surface area contributed by atoms with Gasteiger partial charge in [-0.05, 0) is 96.8 Å². The minimum atomic E-state index is 0.584. The third kappa shape index (κ3) is 3.76. The lowest BCUT2D eigenvalue weighted by molar-refractivity contribution is 0.647. The van der Waals surface area contributed by atoms with Gasteiger partial charge in [0.15, 0.2) is 4.96 Å². The Balaban J connectivity index is 1.15. The SMILES string of the molecule is CC(C)Cc1ccc2c(c1)n1c3ccccc3nc1n2-c1ccc2c(c1)c1ccccc1n2-c1ccc2c(c1)sc1nc3ccccc3n12. The molecule has 0 aliphatic carbocycles. The third-order valence-corrected chi connectivity index (χ3v) is 11.0. The Labute approximate surface area is 284 Å². The summed E-state index contributed by atoms with van der Waals surface area (Å²) >= 11 is 1.74. The second kappa shape index (κ2) is 9.81. The molecule has 6 nitrogen and oxygen atoms in total. The van der Waals surface area contributed by atoms with Gasteiger partial charge in [-0.25, -0.2) is 9.97 Å². The molecule has 0 fully saturated rings. The fraction of sp³-hybridized carbons (Fsp3) is 0.0952. The topological polar surface area (TPSA) is 44.5 Å². The van der Waals surface area contributed by atoms with Crippen molar-refractivity contribution in [3.8, 4) is 11.4 Å². The highest BCUT2D eigenvalue weighted by Crippen LogP contribution is 2.38. The molecule has 11 rings (SSSR count). The summed E-state index contributed by atoms with van der Waals surface area (Å²) in [5, 5.41) is 2.44. The van der Waals surface area contributed by atoms with E-state index in [0.29, 0.717) is 5.92 Å². The fourth-order valence-electron chi connectivity index (χ4n) is 7.99. The molecule has 0 bridgehead atoms. The minimum Gasteiger partial charge on any atom is -0.309 e. The Hall–Kier alpha value is -5.92. The van der Waals surface area contributed by atoms with Gasteiger partial charge in [0.05, 0.1) is 54.4 Å². The van der Waals surface area contributed by atoms with Gasteiger partial charge in [0, 0.05) is 22.1 Å². The molecule has 0 atom stereocenters. The highest BCUT2D eigenvalue weighted by molar-refractivity contribution is 7.23. The summed E-state index contributed by atoms with van der Waals surface area (Å²) in [7, 11) is 0. The summed E-state index contributed by atoms with van der Waals surface area (Å²) in [6.07, 6.45) is 1.04. The van der Waals surface area contributed by atoms with Crippen molar-refractivity contribution in [2.24, 2.45) is 5.92 Å². The predicted molar refractivity (Wildman–Crippen MR) is 204 cm³/mol. The first kappa shape index (κ1) is 27.1. The van der Waals surface area contributed by atoms with Crippen molar-refractivity contribution in [3.05, 3.63) is 133 Å². The van der Waals surface area contributed by atoms with Crippen LogP contribution < -0.4 is 0 Å². The van der Waals surface area contributed by atoms with E-state index in [2.05, 4.69) is 159 Å². The zero-order valence-corrected chi connectivity index (χ0v) is 27.8. The minimum absolute atomic E-state index is 0.584. The predicted octanol–water partition coefficient (Wildman–Crippen LogP) is 10.7. The molecule has 0 unspecified atom stereocenters. The highest BCUT2D eigenvalue weighted by atomic mass is 32.1. The van der Waals surface area contributed by atoms with Crippen molar-refractivity contribution in [2.45, 2.75) is 20.3 Å². The van der Waals surface area contributed by atoms with Crippen LogP contribution in [-0.4, -0.2) is 27.9 Å². The average Bonchev–Trinajstić information content (AvgIpc) is 3.90. The zero-order valence-electron chi connectivity index (χ0n) is 27.0. The molecule has 0 radical (unpaired) electrons. The Morgan fingerprint density at radius 3 is 2.00 bits per heavy atom. The van der Waals surface area contributed by atoms with E-state index < -0.39 is 0 Å². The summed E-state index contributed by atoms with van der Waals surface area (Å²) in [6, 6.07) is 46.2. The molecule has 0 N–H and O–H groups in total. The average molecular weight is 651 g/mol. The molecule has 0 spiro atoms. The summed E-state index contributed by atoms with van der Waals surface area (Å²) in [5.74, 6) is 1.52. The van der Waals surface area contributed by atoms with E-state index in [4.69, 9.17) is 9.97 Å². The lowest BCUT2D eigenvalue weighted by Gasteiger charge is -2.10. The van der Waals surface area contributed by atoms with E-state index in [1.807, 2.05) is 0 Å². The zero-order chi connectivity index (χ0) is 32.4. The number of fused-ring (bicyclic) bond motifs is 13. The molecule has 234 valence electrons. The molecule has 0 saturated heterocycles. The maximum absolute atomic E-state index is 5.19. The first-order chi connectivity index (χ1) is 24.1. The monoisotopic (exact) mass is 650 g/mol. The molecule has 7 heteroatoms. The molecule has 0 aliphatic rings. The molecule has 0 saturated carbocycles. The van der Waals surface area contributed by atoms with Crippen LogP contribution in [0.15, 0.2) is 127 Å². The number of aromatic nitrogens is 6. The van der Waals surface area contributed by atoms with Gasteiger partial charge in [-0.1, -0.05) is 73.7 Å². The molecule has 11 aromatic rings. The van der Waals surface area contributed by atoms with E-state index in [-0.39, 0.29) is 0 Å². The van der Waals surface area contributed by atoms with Crippen molar-refractivity contribution in [1.29, 1.82) is 0 Å². The van der Waals surface area contributed by atoms with Crippen molar-refractivity contribution >= 4 is 87.2 Å². The normalized spacial score (nSPS) is 12.6. The van der Waals surface area contributed by atoms with Gasteiger partial charge in [-0.3, -0.25) is 13.4 Å². The van der Waals surface area contributed by atoms with Crippen LogP contribution in [0.2, 0.25) is 0 Å². The molecule has 0 amide bonds. The maximum atomic E-state index is 5.19. The fourth-order valence-corrected chi connectivity index (χ4v) is 9.06. The Morgan fingerprint density at radius 2 is 1.18 bits per heavy atom. The van der Waals surface area contributed by atoms with Crippen LogP contribution in [0.5, 0.6) is 0 Å². The van der Waals surface area contributed by atoms with Crippen LogP contribution >= 0.6 is 11.3 Å². The number of benzene rings is 6. The lowest BCUT2D eigenvalue weighted by atomic mass is 10.0. The van der Waals surface area contributed by atoms with Crippen LogP contribution in [0.1, 0.15) is 19.4 Å². The summed E-state index contributed by atoms with van der Waals surface area (Å²) in [4.78, 5) is 11.1. The van der Waals surface area contributed by atoms with Gasteiger partial charge in [-0.15, -0.1) is 0 Å². The van der Waals surface area contributed by atoms with E-state index >= 15 is 0 Å². The molecule has 6 aromatic carbocycles. The Bertz CT molecular complexity index is 3130. The number of hydrogen-bond acceptors (Lipinski definition) is 3. The molecule has 5 heterocycles. The second-order valence-electron chi connectivity index (χ2n) is 13.5. The number of para-hydroxylation sites is 5. The molecule has 0 aliphatic heterocycles. The van der Waals surface area contributed by atoms with E-state index in [1.54, 1.807) is 11.3 Å². The summed E-state index contributed by atoms with van der Waals surface area (Å²) in [6.45, 7) is 4.56. The van der Waals surface area contributed by atoms with E-state index in [0.717, 1.165) is 56.1 Å². The van der Waals surface area contributed by atoms with Gasteiger partial charge >= 0.3 is 0 Å². The number of imidazole rings is 3. The standard InChI is InChI=1S/C42H30N6S/c1-25(2)21-26-15-18-37-39(22-26)47-35-13-7-4-10-31(35)43-41(47)46(37)27-16-19-34-30(23-27)29-9-3-6-12-33(29)45(34)28-17-20-38-40(24-28)49-42-44-32-11-5-8-14-36(32)48(38)42/h3-20,22-25H,21H2,1-2H3. The number of hydrogen-bond donors (Lipinski definition) is 0. The second-order valence-corrected chi connectivity index (χ2v) is 14.5. The summed E-state index contributed by atoms with van der Waals surface area (Å²) < 4.78 is 10.6. The number of rotatable bonds is 4. The maximum Gasteiger partial charge on any atom is 0.220 e. The van der Waals surface area contributed by atoms with Gasteiger partial charge in [-0.2, -0.15) is 0 Å². The summed E-state index contributed by atoms with van der Waals surface area (Å²) in [5.41, 5.74) is 13.8. The first-order valence-corrected chi connectivity index (χ1v) is 17.7. The van der Waals surface area contributed by atoms with Crippen molar-refractivity contribution < 1.29 is 0 Å². The van der Waals surface area contributed by atoms with E-state index in [1.165, 1.54) is 43.1 Å². The van der Waals surface area contributed by atoms with Gasteiger partial charge in [0.2, 0.25) is 5.78 Å². The number of thiazole rings is 1. The smallest absolute Gasteiger partial charge is 0.220 e. The van der Waals surface area contributed by atoms with Crippen LogP contribution in [0.25, 0.3) is 87.2 Å². The molecule has 49 heavy (non-hydrogen) atoms.